The fourth-order valence-corrected chi connectivity index (χ4v) is 3.77. The van der Waals surface area contributed by atoms with Crippen molar-refractivity contribution in [2.75, 3.05) is 20.1 Å². The molecule has 5 nitrogen and oxygen atoms in total. The molecular formula is C19H23F3N2O3. The van der Waals surface area contributed by atoms with E-state index in [0.717, 1.165) is 18.9 Å². The number of likely N-dealkylation sites (tertiary alicyclic amines) is 1. The number of hydrogen-bond acceptors (Lipinski definition) is 3. The van der Waals surface area contributed by atoms with Crippen molar-refractivity contribution in [1.82, 2.24) is 9.80 Å². The standard InChI is InChI=1S/C19H23F3N2O3/c1-23(11-12-3-2-4-13(9-12)19(20,21)22)14-5-7-24(8-6-14)17(25)15-10-16(15)18(26)27/h2-4,9,14-16H,5-8,10-11H2,1H3,(H,26,27)/t15-,16-/m1/s1. The zero-order valence-electron chi connectivity index (χ0n) is 15.1. The van der Waals surface area contributed by atoms with Gasteiger partial charge in [-0.1, -0.05) is 18.2 Å². The van der Waals surface area contributed by atoms with E-state index in [1.54, 1.807) is 11.0 Å². The van der Waals surface area contributed by atoms with Gasteiger partial charge in [0, 0.05) is 25.7 Å². The zero-order chi connectivity index (χ0) is 19.8. The first-order chi connectivity index (χ1) is 12.7. The van der Waals surface area contributed by atoms with E-state index in [2.05, 4.69) is 0 Å². The Bertz CT molecular complexity index is 714. The van der Waals surface area contributed by atoms with Crippen LogP contribution in [-0.4, -0.2) is 53.0 Å². The van der Waals surface area contributed by atoms with Crippen LogP contribution in [0.15, 0.2) is 24.3 Å². The fraction of sp³-hybridized carbons (Fsp3) is 0.579. The minimum absolute atomic E-state index is 0.0821. The first-order valence-corrected chi connectivity index (χ1v) is 9.05. The van der Waals surface area contributed by atoms with Crippen LogP contribution in [0.5, 0.6) is 0 Å². The molecule has 1 aliphatic carbocycles. The monoisotopic (exact) mass is 384 g/mol. The maximum atomic E-state index is 12.8. The van der Waals surface area contributed by atoms with Crippen LogP contribution in [0.4, 0.5) is 13.2 Å². The van der Waals surface area contributed by atoms with Crippen LogP contribution >= 0.6 is 0 Å². The molecule has 27 heavy (non-hydrogen) atoms. The third kappa shape index (κ3) is 4.61. The second kappa shape index (κ2) is 7.50. The second-order valence-electron chi connectivity index (χ2n) is 7.46. The van der Waals surface area contributed by atoms with Gasteiger partial charge in [-0.15, -0.1) is 0 Å². The molecule has 1 N–H and O–H groups in total. The highest BCUT2D eigenvalue weighted by Crippen LogP contribution is 2.40. The Labute approximate surface area is 155 Å². The van der Waals surface area contributed by atoms with E-state index in [4.69, 9.17) is 5.11 Å². The van der Waals surface area contributed by atoms with Crippen LogP contribution in [0.3, 0.4) is 0 Å². The van der Waals surface area contributed by atoms with Crippen LogP contribution in [0.25, 0.3) is 0 Å². The van der Waals surface area contributed by atoms with Crippen LogP contribution in [0, 0.1) is 11.8 Å². The van der Waals surface area contributed by atoms with Gasteiger partial charge in [-0.25, -0.2) is 0 Å². The van der Waals surface area contributed by atoms with Crippen molar-refractivity contribution in [2.24, 2.45) is 11.8 Å². The van der Waals surface area contributed by atoms with Gasteiger partial charge in [0.1, 0.15) is 0 Å². The molecule has 2 fully saturated rings. The van der Waals surface area contributed by atoms with Gasteiger partial charge in [-0.2, -0.15) is 13.2 Å². The largest absolute Gasteiger partial charge is 0.481 e. The molecule has 1 aromatic rings. The molecule has 1 heterocycles. The van der Waals surface area contributed by atoms with Gasteiger partial charge in [0.25, 0.3) is 0 Å². The minimum atomic E-state index is -4.35. The summed E-state index contributed by atoms with van der Waals surface area (Å²) in [6.45, 7) is 1.52. The van der Waals surface area contributed by atoms with Gasteiger partial charge >= 0.3 is 12.1 Å². The first kappa shape index (κ1) is 19.7. The van der Waals surface area contributed by atoms with Crippen molar-refractivity contribution in [3.63, 3.8) is 0 Å². The summed E-state index contributed by atoms with van der Waals surface area (Å²) in [6, 6.07) is 5.52. The van der Waals surface area contributed by atoms with E-state index < -0.39 is 23.6 Å². The molecule has 148 valence electrons. The molecule has 2 aliphatic rings. The van der Waals surface area contributed by atoms with Crippen molar-refractivity contribution in [2.45, 2.75) is 38.0 Å². The number of benzene rings is 1. The SMILES string of the molecule is CN(Cc1cccc(C(F)(F)F)c1)C1CCN(C(=O)[C@@H]2C[C@H]2C(=O)O)CC1. The number of aliphatic carboxylic acids is 1. The molecule has 1 amide bonds. The quantitative estimate of drug-likeness (QED) is 0.848. The number of carbonyl (C=O) groups excluding carboxylic acids is 1. The van der Waals surface area contributed by atoms with E-state index in [9.17, 15) is 22.8 Å². The Morgan fingerprint density at radius 2 is 1.89 bits per heavy atom. The number of alkyl halides is 3. The molecule has 0 bridgehead atoms. The number of carbonyl (C=O) groups is 2. The molecule has 0 radical (unpaired) electrons. The molecule has 1 saturated carbocycles. The third-order valence-corrected chi connectivity index (χ3v) is 5.51. The van der Waals surface area contributed by atoms with Gasteiger partial charge in [0.15, 0.2) is 0 Å². The molecule has 1 saturated heterocycles. The van der Waals surface area contributed by atoms with Gasteiger partial charge in [-0.05, 0) is 37.9 Å². The molecule has 2 atom stereocenters. The topological polar surface area (TPSA) is 60.9 Å². The van der Waals surface area contributed by atoms with Gasteiger partial charge in [-0.3, -0.25) is 14.5 Å². The zero-order valence-corrected chi connectivity index (χ0v) is 15.1. The van der Waals surface area contributed by atoms with E-state index >= 15 is 0 Å². The maximum Gasteiger partial charge on any atom is 0.416 e. The predicted octanol–water partition coefficient (Wildman–Crippen LogP) is 2.85. The fourth-order valence-electron chi connectivity index (χ4n) is 3.77. The maximum absolute atomic E-state index is 12.8. The van der Waals surface area contributed by atoms with E-state index in [-0.39, 0.29) is 17.9 Å². The lowest BCUT2D eigenvalue weighted by Gasteiger charge is -2.37. The Morgan fingerprint density at radius 1 is 1.22 bits per heavy atom. The lowest BCUT2D eigenvalue weighted by Crippen LogP contribution is -2.46. The van der Waals surface area contributed by atoms with Crippen LogP contribution in [-0.2, 0) is 22.3 Å². The van der Waals surface area contributed by atoms with Crippen LogP contribution in [0.1, 0.15) is 30.4 Å². The lowest BCUT2D eigenvalue weighted by atomic mass is 10.0. The average molecular weight is 384 g/mol. The summed E-state index contributed by atoms with van der Waals surface area (Å²) in [4.78, 5) is 27.0. The summed E-state index contributed by atoms with van der Waals surface area (Å²) in [5.41, 5.74) is -0.0423. The number of rotatable bonds is 5. The van der Waals surface area contributed by atoms with Crippen molar-refractivity contribution < 1.29 is 27.9 Å². The summed E-state index contributed by atoms with van der Waals surface area (Å²) in [6.07, 6.45) is -2.47. The lowest BCUT2D eigenvalue weighted by molar-refractivity contribution is -0.142. The molecule has 0 unspecified atom stereocenters. The number of amides is 1. The summed E-state index contributed by atoms with van der Waals surface area (Å²) in [5.74, 6) is -1.92. The van der Waals surface area contributed by atoms with Gasteiger partial charge < -0.3 is 10.0 Å². The number of piperidine rings is 1. The molecular weight excluding hydrogens is 361 g/mol. The van der Waals surface area contributed by atoms with Crippen molar-refractivity contribution in [3.8, 4) is 0 Å². The second-order valence-corrected chi connectivity index (χ2v) is 7.46. The molecule has 0 aromatic heterocycles. The summed E-state index contributed by atoms with van der Waals surface area (Å²) < 4.78 is 38.5. The van der Waals surface area contributed by atoms with E-state index in [1.807, 2.05) is 11.9 Å². The Hall–Kier alpha value is -2.09. The molecule has 8 heteroatoms. The summed E-state index contributed by atoms with van der Waals surface area (Å²) >= 11 is 0. The number of hydrogen-bond donors (Lipinski definition) is 1. The Balaban J connectivity index is 1.51. The van der Waals surface area contributed by atoms with Crippen LogP contribution < -0.4 is 0 Å². The van der Waals surface area contributed by atoms with Gasteiger partial charge in [0.05, 0.1) is 17.4 Å². The highest BCUT2D eigenvalue weighted by Gasteiger charge is 2.50. The predicted molar refractivity (Wildman–Crippen MR) is 91.7 cm³/mol. The van der Waals surface area contributed by atoms with Crippen LogP contribution in [0.2, 0.25) is 0 Å². The number of carboxylic acids is 1. The van der Waals surface area contributed by atoms with Crippen molar-refractivity contribution in [1.29, 1.82) is 0 Å². The smallest absolute Gasteiger partial charge is 0.416 e. The highest BCUT2D eigenvalue weighted by molar-refractivity contribution is 5.89. The molecule has 0 spiro atoms. The number of carboxylic acid groups (broad SMARTS) is 1. The molecule has 1 aliphatic heterocycles. The highest BCUT2D eigenvalue weighted by atomic mass is 19.4. The van der Waals surface area contributed by atoms with Crippen molar-refractivity contribution >= 4 is 11.9 Å². The van der Waals surface area contributed by atoms with Crippen molar-refractivity contribution in [3.05, 3.63) is 35.4 Å². The van der Waals surface area contributed by atoms with E-state index in [0.29, 0.717) is 31.6 Å². The molecule has 3 rings (SSSR count). The van der Waals surface area contributed by atoms with E-state index in [1.165, 1.54) is 12.1 Å². The third-order valence-electron chi connectivity index (χ3n) is 5.51. The first-order valence-electron chi connectivity index (χ1n) is 9.05. The Morgan fingerprint density at radius 3 is 2.44 bits per heavy atom. The van der Waals surface area contributed by atoms with Gasteiger partial charge in [0.2, 0.25) is 5.91 Å². The minimum Gasteiger partial charge on any atom is -0.481 e. The number of halogens is 3. The summed E-state index contributed by atoms with van der Waals surface area (Å²) in [5, 5.41) is 8.95. The number of nitrogens with zero attached hydrogens (tertiary/aromatic N) is 2. The molecule has 1 aromatic carbocycles. The normalized spacial score (nSPS) is 23.5. The Kier molecular flexibility index (Phi) is 5.46. The average Bonchev–Trinajstić information content (AvgIpc) is 3.42. The summed E-state index contributed by atoms with van der Waals surface area (Å²) in [7, 11) is 1.88.